The lowest BCUT2D eigenvalue weighted by atomic mass is 9.87. The maximum absolute atomic E-state index is 11.1. The van der Waals surface area contributed by atoms with E-state index in [9.17, 15) is 4.79 Å². The van der Waals surface area contributed by atoms with Gasteiger partial charge >= 0.3 is 5.97 Å². The van der Waals surface area contributed by atoms with E-state index in [0.29, 0.717) is 0 Å². The van der Waals surface area contributed by atoms with E-state index in [2.05, 4.69) is 27.4 Å². The Balaban J connectivity index is 4.22. The molecule has 0 aromatic heterocycles. The molecule has 2 heteroatoms. The molecule has 0 rings (SSSR count). The van der Waals surface area contributed by atoms with Gasteiger partial charge in [0.2, 0.25) is 0 Å². The highest BCUT2D eigenvalue weighted by Gasteiger charge is 2.13. The zero-order valence-corrected chi connectivity index (χ0v) is 8.89. The fraction of sp³-hybridized carbons (Fsp3) is 0.545. The average molecular weight is 182 g/mol. The summed E-state index contributed by atoms with van der Waals surface area (Å²) in [5.41, 5.74) is 1.04. The molecule has 0 aliphatic heterocycles. The molecular weight excluding hydrogens is 164 g/mol. The fourth-order valence-corrected chi connectivity index (χ4v) is 0.576. The molecule has 0 fully saturated rings. The third kappa shape index (κ3) is 5.23. The Hall–Kier alpha value is -1.05. The number of ether oxygens (including phenoxy) is 1. The number of hydrogen-bond donors (Lipinski definition) is 0. The Morgan fingerprint density at radius 3 is 2.38 bits per heavy atom. The lowest BCUT2D eigenvalue weighted by Gasteiger charge is -2.18. The topological polar surface area (TPSA) is 26.3 Å². The predicted octanol–water partition coefficient (Wildman–Crippen LogP) is 2.71. The van der Waals surface area contributed by atoms with Gasteiger partial charge in [0.1, 0.15) is 6.61 Å². The van der Waals surface area contributed by atoms with Gasteiger partial charge in [0.05, 0.1) is 0 Å². The molecule has 74 valence electrons. The van der Waals surface area contributed by atoms with Crippen LogP contribution in [0.2, 0.25) is 0 Å². The van der Waals surface area contributed by atoms with E-state index >= 15 is 0 Å². The van der Waals surface area contributed by atoms with E-state index in [0.717, 1.165) is 5.57 Å². The first-order valence-corrected chi connectivity index (χ1v) is 4.34. The fourth-order valence-electron chi connectivity index (χ4n) is 0.576. The van der Waals surface area contributed by atoms with Crippen molar-refractivity contribution in [2.24, 2.45) is 5.41 Å². The van der Waals surface area contributed by atoms with Crippen molar-refractivity contribution in [1.82, 2.24) is 0 Å². The average Bonchev–Trinajstić information content (AvgIpc) is 1.99. The summed E-state index contributed by atoms with van der Waals surface area (Å²) in [5.74, 6) is -0.299. The van der Waals surface area contributed by atoms with Crippen LogP contribution in [-0.2, 0) is 9.53 Å². The first-order chi connectivity index (χ1) is 5.88. The van der Waals surface area contributed by atoms with Crippen LogP contribution in [0, 0.1) is 5.41 Å². The van der Waals surface area contributed by atoms with Crippen LogP contribution in [0.15, 0.2) is 24.3 Å². The second-order valence-electron chi connectivity index (χ2n) is 4.00. The normalized spacial score (nSPS) is 12.5. The Morgan fingerprint density at radius 2 is 2.00 bits per heavy atom. The summed E-state index contributed by atoms with van der Waals surface area (Å²) in [6, 6.07) is 0. The molecule has 0 radical (unpaired) electrons. The lowest BCUT2D eigenvalue weighted by Crippen LogP contribution is -2.10. The molecule has 0 N–H and O–H groups in total. The summed E-state index contributed by atoms with van der Waals surface area (Å²) < 4.78 is 4.82. The van der Waals surface area contributed by atoms with E-state index in [-0.39, 0.29) is 18.0 Å². The maximum atomic E-state index is 11.1. The summed E-state index contributed by atoms with van der Waals surface area (Å²) in [6.45, 7) is 11.8. The van der Waals surface area contributed by atoms with E-state index in [1.165, 1.54) is 6.08 Å². The first-order valence-electron chi connectivity index (χ1n) is 4.34. The quantitative estimate of drug-likeness (QED) is 0.381. The molecule has 0 spiro atoms. The molecule has 0 atom stereocenters. The largest absolute Gasteiger partial charge is 0.458 e. The van der Waals surface area contributed by atoms with Crippen LogP contribution in [0.4, 0.5) is 0 Å². The smallest absolute Gasteiger partial charge is 0.331 e. The molecule has 0 aromatic carbocycles. The van der Waals surface area contributed by atoms with E-state index in [4.69, 9.17) is 4.74 Å². The number of esters is 1. The standard InChI is InChI=1S/C11H18O2/c1-6-7-13-10(12)8-9(2)11(3,4)5/h6,8H,1,7H2,2-5H3. The van der Waals surface area contributed by atoms with E-state index in [1.54, 1.807) is 6.08 Å². The van der Waals surface area contributed by atoms with Crippen molar-refractivity contribution in [3.63, 3.8) is 0 Å². The summed E-state index contributed by atoms with van der Waals surface area (Å²) in [4.78, 5) is 11.1. The van der Waals surface area contributed by atoms with Gasteiger partial charge < -0.3 is 4.74 Å². The second kappa shape index (κ2) is 4.85. The molecule has 0 amide bonds. The molecule has 13 heavy (non-hydrogen) atoms. The Kier molecular flexibility index (Phi) is 4.46. The van der Waals surface area contributed by atoms with Gasteiger partial charge in [0.25, 0.3) is 0 Å². The number of allylic oxidation sites excluding steroid dienone is 1. The second-order valence-corrected chi connectivity index (χ2v) is 4.00. The van der Waals surface area contributed by atoms with E-state index in [1.807, 2.05) is 6.92 Å². The number of rotatable bonds is 3. The highest BCUT2D eigenvalue weighted by molar-refractivity contribution is 5.82. The summed E-state index contributed by atoms with van der Waals surface area (Å²) in [7, 11) is 0. The minimum atomic E-state index is -0.299. The molecule has 0 unspecified atom stereocenters. The first kappa shape index (κ1) is 11.9. The molecule has 0 aliphatic carbocycles. The Morgan fingerprint density at radius 1 is 1.46 bits per heavy atom. The highest BCUT2D eigenvalue weighted by atomic mass is 16.5. The van der Waals surface area contributed by atoms with Gasteiger partial charge in [-0.3, -0.25) is 0 Å². The zero-order valence-electron chi connectivity index (χ0n) is 8.89. The van der Waals surface area contributed by atoms with Crippen LogP contribution in [0.25, 0.3) is 0 Å². The third-order valence-electron chi connectivity index (χ3n) is 1.86. The van der Waals surface area contributed by atoms with Crippen molar-refractivity contribution in [2.75, 3.05) is 6.61 Å². The maximum Gasteiger partial charge on any atom is 0.331 e. The molecule has 0 aliphatic rings. The van der Waals surface area contributed by atoms with Crippen molar-refractivity contribution in [3.05, 3.63) is 24.3 Å². The monoisotopic (exact) mass is 182 g/mol. The van der Waals surface area contributed by atoms with Crippen LogP contribution >= 0.6 is 0 Å². The van der Waals surface area contributed by atoms with Crippen LogP contribution < -0.4 is 0 Å². The van der Waals surface area contributed by atoms with E-state index < -0.39 is 0 Å². The molecule has 2 nitrogen and oxygen atoms in total. The van der Waals surface area contributed by atoms with Gasteiger partial charge in [-0.2, -0.15) is 0 Å². The van der Waals surface area contributed by atoms with Gasteiger partial charge in [-0.25, -0.2) is 4.79 Å². The number of carbonyl (C=O) groups is 1. The molecule has 0 bridgehead atoms. The van der Waals surface area contributed by atoms with Gasteiger partial charge in [0.15, 0.2) is 0 Å². The van der Waals surface area contributed by atoms with Crippen molar-refractivity contribution < 1.29 is 9.53 Å². The molecule has 0 saturated carbocycles. The van der Waals surface area contributed by atoms with Crippen LogP contribution in [0.3, 0.4) is 0 Å². The molecular formula is C11H18O2. The summed E-state index contributed by atoms with van der Waals surface area (Å²) >= 11 is 0. The van der Waals surface area contributed by atoms with Crippen LogP contribution in [-0.4, -0.2) is 12.6 Å². The minimum Gasteiger partial charge on any atom is -0.458 e. The van der Waals surface area contributed by atoms with Gasteiger partial charge in [-0.15, -0.1) is 0 Å². The third-order valence-corrected chi connectivity index (χ3v) is 1.86. The number of hydrogen-bond acceptors (Lipinski definition) is 2. The molecule has 0 aromatic rings. The molecule has 0 saturated heterocycles. The number of carbonyl (C=O) groups excluding carboxylic acids is 1. The van der Waals surface area contributed by atoms with Crippen molar-refractivity contribution >= 4 is 5.97 Å². The minimum absolute atomic E-state index is 0.0210. The Bertz CT molecular complexity index is 219. The molecule has 0 heterocycles. The highest BCUT2D eigenvalue weighted by Crippen LogP contribution is 2.23. The van der Waals surface area contributed by atoms with Crippen molar-refractivity contribution in [2.45, 2.75) is 27.7 Å². The van der Waals surface area contributed by atoms with Gasteiger partial charge in [0, 0.05) is 6.08 Å². The van der Waals surface area contributed by atoms with Crippen molar-refractivity contribution in [1.29, 1.82) is 0 Å². The van der Waals surface area contributed by atoms with Crippen LogP contribution in [0.5, 0.6) is 0 Å². The van der Waals surface area contributed by atoms with Crippen LogP contribution in [0.1, 0.15) is 27.7 Å². The van der Waals surface area contributed by atoms with Crippen molar-refractivity contribution in [3.8, 4) is 0 Å². The zero-order chi connectivity index (χ0) is 10.5. The summed E-state index contributed by atoms with van der Waals surface area (Å²) in [6.07, 6.45) is 3.08. The Labute approximate surface area is 80.3 Å². The lowest BCUT2D eigenvalue weighted by molar-refractivity contribution is -0.136. The van der Waals surface area contributed by atoms with Gasteiger partial charge in [-0.1, -0.05) is 39.0 Å². The summed E-state index contributed by atoms with van der Waals surface area (Å²) in [5, 5.41) is 0. The predicted molar refractivity (Wildman–Crippen MR) is 54.4 cm³/mol. The SMILES string of the molecule is C=CCOC(=O)C=C(C)C(C)(C)C. The van der Waals surface area contributed by atoms with Gasteiger partial charge in [-0.05, 0) is 12.3 Å².